The zero-order valence-corrected chi connectivity index (χ0v) is 28.5. The molecule has 0 amide bonds. The Hall–Kier alpha value is -2.18. The van der Waals surface area contributed by atoms with E-state index in [1.807, 2.05) is 18.5 Å². The maximum atomic E-state index is 13.4. The van der Waals surface area contributed by atoms with Gasteiger partial charge in [-0.1, -0.05) is 45.7 Å². The number of aromatic nitrogens is 4. The Balaban J connectivity index is 0.00000221. The number of hydrogen-bond donors (Lipinski definition) is 3. The van der Waals surface area contributed by atoms with Crippen molar-refractivity contribution >= 4 is 57.8 Å². The van der Waals surface area contributed by atoms with Crippen molar-refractivity contribution in [3.63, 3.8) is 0 Å². The van der Waals surface area contributed by atoms with Crippen LogP contribution in [0.4, 0.5) is 11.8 Å². The van der Waals surface area contributed by atoms with Crippen LogP contribution >= 0.6 is 24.8 Å². The van der Waals surface area contributed by atoms with Crippen molar-refractivity contribution in [1.29, 1.82) is 0 Å². The molecule has 10 nitrogen and oxygen atoms in total. The van der Waals surface area contributed by atoms with Crippen molar-refractivity contribution in [2.45, 2.75) is 119 Å². The number of benzene rings is 1. The normalized spacial score (nSPS) is 22.4. The van der Waals surface area contributed by atoms with Gasteiger partial charge in [-0.3, -0.25) is 0 Å². The van der Waals surface area contributed by atoms with Crippen LogP contribution in [0.5, 0.6) is 0 Å². The molecule has 44 heavy (non-hydrogen) atoms. The van der Waals surface area contributed by atoms with Crippen LogP contribution in [0.3, 0.4) is 0 Å². The Kier molecular flexibility index (Phi) is 11.1. The summed E-state index contributed by atoms with van der Waals surface area (Å²) in [6.45, 7) is 7.30. The fourth-order valence-corrected chi connectivity index (χ4v) is 8.16. The van der Waals surface area contributed by atoms with Gasteiger partial charge in [0, 0.05) is 37.3 Å². The van der Waals surface area contributed by atoms with E-state index in [-0.39, 0.29) is 42.3 Å². The molecule has 0 atom stereocenters. The fourth-order valence-electron chi connectivity index (χ4n) is 6.69. The van der Waals surface area contributed by atoms with E-state index in [0.29, 0.717) is 48.9 Å². The second-order valence-corrected chi connectivity index (χ2v) is 15.4. The van der Waals surface area contributed by atoms with E-state index >= 15 is 0 Å². The van der Waals surface area contributed by atoms with Crippen LogP contribution in [-0.2, 0) is 15.4 Å². The third kappa shape index (κ3) is 7.44. The molecule has 13 heteroatoms. The number of anilines is 2. The molecule has 3 aliphatic rings. The van der Waals surface area contributed by atoms with Crippen LogP contribution in [0.25, 0.3) is 11.2 Å². The van der Waals surface area contributed by atoms with Gasteiger partial charge >= 0.3 is 0 Å². The lowest BCUT2D eigenvalue weighted by atomic mass is 9.87. The highest BCUT2D eigenvalue weighted by Gasteiger charge is 2.31. The molecule has 244 valence electrons. The summed E-state index contributed by atoms with van der Waals surface area (Å²) in [5, 5.41) is 7.23. The van der Waals surface area contributed by atoms with E-state index < -0.39 is 10.0 Å². The molecular formula is C31H48Cl2N8O2S. The molecule has 1 aliphatic heterocycles. The van der Waals surface area contributed by atoms with Crippen LogP contribution in [0.1, 0.15) is 96.6 Å². The maximum Gasteiger partial charge on any atom is 0.243 e. The number of nitrogens with two attached hydrogens (primary N) is 1. The lowest BCUT2D eigenvalue weighted by Gasteiger charge is -2.32. The summed E-state index contributed by atoms with van der Waals surface area (Å²) in [7, 11) is -3.54. The molecule has 1 saturated heterocycles. The molecule has 0 unspecified atom stereocenters. The van der Waals surface area contributed by atoms with Gasteiger partial charge in [0.05, 0.1) is 11.2 Å². The van der Waals surface area contributed by atoms with Gasteiger partial charge in [0.15, 0.2) is 17.0 Å². The number of piperidine rings is 1. The molecule has 0 bridgehead atoms. The number of halogens is 2. The lowest BCUT2D eigenvalue weighted by Crippen LogP contribution is -2.42. The predicted molar refractivity (Wildman–Crippen MR) is 182 cm³/mol. The molecule has 0 spiro atoms. The molecule has 6 rings (SSSR count). The summed E-state index contributed by atoms with van der Waals surface area (Å²) in [6, 6.07) is 8.45. The zero-order chi connectivity index (χ0) is 29.5. The number of fused-ring (bicyclic) bond motifs is 1. The van der Waals surface area contributed by atoms with E-state index in [2.05, 4.69) is 36.0 Å². The first kappa shape index (κ1) is 34.7. The first-order chi connectivity index (χ1) is 20.1. The van der Waals surface area contributed by atoms with Crippen LogP contribution in [0, 0.1) is 0 Å². The second-order valence-electron chi connectivity index (χ2n) is 13.5. The van der Waals surface area contributed by atoms with Crippen LogP contribution in [-0.4, -0.2) is 63.5 Å². The van der Waals surface area contributed by atoms with Gasteiger partial charge in [-0.05, 0) is 74.5 Å². The third-order valence-electron chi connectivity index (χ3n) is 9.40. The molecule has 4 N–H and O–H groups in total. The van der Waals surface area contributed by atoms with E-state index in [0.717, 1.165) is 61.1 Å². The van der Waals surface area contributed by atoms with E-state index in [4.69, 9.17) is 20.7 Å². The minimum atomic E-state index is -3.54. The monoisotopic (exact) mass is 666 g/mol. The lowest BCUT2D eigenvalue weighted by molar-refractivity contribution is 0.329. The highest BCUT2D eigenvalue weighted by atomic mass is 35.5. The van der Waals surface area contributed by atoms with Crippen LogP contribution in [0.15, 0.2) is 35.5 Å². The SMILES string of the molecule is CC(C)(C)c1ccc(S(=O)(=O)N2CCC(Nc3nc(NC4CCC(N)CC4)nc4c3ncn4C3CCCC3)CC2)cc1.Cl.Cl. The highest BCUT2D eigenvalue weighted by molar-refractivity contribution is 7.89. The number of rotatable bonds is 7. The van der Waals surface area contributed by atoms with Gasteiger partial charge in [-0.25, -0.2) is 13.4 Å². The molecule has 3 fully saturated rings. The van der Waals surface area contributed by atoms with E-state index in [1.54, 1.807) is 16.4 Å². The summed E-state index contributed by atoms with van der Waals surface area (Å²) >= 11 is 0. The average molecular weight is 668 g/mol. The fraction of sp³-hybridized carbons (Fsp3) is 0.645. The van der Waals surface area contributed by atoms with Gasteiger partial charge in [0.25, 0.3) is 0 Å². The zero-order valence-electron chi connectivity index (χ0n) is 26.0. The first-order valence-electron chi connectivity index (χ1n) is 15.7. The van der Waals surface area contributed by atoms with Crippen molar-refractivity contribution in [2.24, 2.45) is 5.73 Å². The van der Waals surface area contributed by atoms with Crippen molar-refractivity contribution in [3.05, 3.63) is 36.2 Å². The Morgan fingerprint density at radius 1 is 0.841 bits per heavy atom. The van der Waals surface area contributed by atoms with E-state index in [9.17, 15) is 8.42 Å². The van der Waals surface area contributed by atoms with Crippen LogP contribution < -0.4 is 16.4 Å². The molecular weight excluding hydrogens is 619 g/mol. The van der Waals surface area contributed by atoms with Gasteiger partial charge in [-0.2, -0.15) is 14.3 Å². The second kappa shape index (κ2) is 14.1. The molecule has 3 aromatic rings. The molecule has 3 heterocycles. The summed E-state index contributed by atoms with van der Waals surface area (Å²) < 4.78 is 30.7. The molecule has 2 aliphatic carbocycles. The smallest absolute Gasteiger partial charge is 0.243 e. The number of nitrogens with one attached hydrogen (secondary N) is 2. The molecule has 2 saturated carbocycles. The minimum Gasteiger partial charge on any atom is -0.365 e. The Labute approximate surface area is 274 Å². The van der Waals surface area contributed by atoms with Gasteiger partial charge in [-0.15, -0.1) is 24.8 Å². The Morgan fingerprint density at radius 3 is 2.07 bits per heavy atom. The summed E-state index contributed by atoms with van der Waals surface area (Å²) in [6.07, 6.45) is 12.1. The van der Waals surface area contributed by atoms with E-state index in [1.165, 1.54) is 12.8 Å². The molecule has 0 radical (unpaired) electrons. The Bertz CT molecular complexity index is 1490. The number of hydrogen-bond acceptors (Lipinski definition) is 8. The maximum absolute atomic E-state index is 13.4. The van der Waals surface area contributed by atoms with Gasteiger partial charge < -0.3 is 20.9 Å². The molecule has 1 aromatic carbocycles. The summed E-state index contributed by atoms with van der Waals surface area (Å²) in [5.41, 5.74) is 8.89. The number of nitrogens with zero attached hydrogens (tertiary/aromatic N) is 5. The van der Waals surface area contributed by atoms with Crippen LogP contribution in [0.2, 0.25) is 0 Å². The minimum absolute atomic E-state index is 0. The predicted octanol–water partition coefficient (Wildman–Crippen LogP) is 6.03. The van der Waals surface area contributed by atoms with Gasteiger partial charge in [0.1, 0.15) is 0 Å². The first-order valence-corrected chi connectivity index (χ1v) is 17.2. The van der Waals surface area contributed by atoms with Crippen molar-refractivity contribution in [1.82, 2.24) is 23.8 Å². The number of imidazole rings is 1. The highest BCUT2D eigenvalue weighted by Crippen LogP contribution is 2.34. The van der Waals surface area contributed by atoms with Crippen molar-refractivity contribution < 1.29 is 8.42 Å². The van der Waals surface area contributed by atoms with Crippen molar-refractivity contribution in [3.8, 4) is 0 Å². The Morgan fingerprint density at radius 2 is 1.45 bits per heavy atom. The summed E-state index contributed by atoms with van der Waals surface area (Å²) in [5.74, 6) is 1.36. The quantitative estimate of drug-likeness (QED) is 0.279. The topological polar surface area (TPSA) is 131 Å². The summed E-state index contributed by atoms with van der Waals surface area (Å²) in [4.78, 5) is 15.0. The number of sulfonamides is 1. The molecule has 2 aromatic heterocycles. The average Bonchev–Trinajstić information content (AvgIpc) is 3.65. The largest absolute Gasteiger partial charge is 0.365 e. The van der Waals surface area contributed by atoms with Crippen molar-refractivity contribution in [2.75, 3.05) is 23.7 Å². The van der Waals surface area contributed by atoms with Gasteiger partial charge in [0.2, 0.25) is 16.0 Å². The third-order valence-corrected chi connectivity index (χ3v) is 11.3. The standard InChI is InChI=1S/C31H46N8O2S.2ClH/c1-31(2,3)21-8-14-26(15-9-21)42(40,41)38-18-16-24(17-19-38)34-28-27-29(39(20-33-27)25-6-4-5-7-25)37-30(36-28)35-23-12-10-22(32)11-13-23;;/h8-9,14-15,20,22-25H,4-7,10-13,16-19,32H2,1-3H3,(H2,34,35,36,37);2*1H.